The van der Waals surface area contributed by atoms with E-state index in [2.05, 4.69) is 34.6 Å². The zero-order valence-electron chi connectivity index (χ0n) is 22.9. The van der Waals surface area contributed by atoms with Crippen molar-refractivity contribution in [3.63, 3.8) is 0 Å². The van der Waals surface area contributed by atoms with Gasteiger partial charge in [0, 0.05) is 12.8 Å². The highest BCUT2D eigenvalue weighted by molar-refractivity contribution is 5.97. The van der Waals surface area contributed by atoms with E-state index >= 15 is 0 Å². The number of carbonyl (C=O) groups excluding carboxylic acids is 2. The smallest absolute Gasteiger partial charge is 0.303 e. The molecule has 4 aliphatic rings. The average molecular weight is 489 g/mol. The van der Waals surface area contributed by atoms with E-state index in [1.54, 1.807) is 12.2 Å². The third-order valence-corrected chi connectivity index (χ3v) is 11.5. The summed E-state index contributed by atoms with van der Waals surface area (Å²) in [5.41, 5.74) is -2.66. The molecule has 0 aromatic rings. The number of carbonyl (C=O) groups is 2. The largest absolute Gasteiger partial charge is 0.459 e. The second-order valence-corrected chi connectivity index (χ2v) is 13.5. The van der Waals surface area contributed by atoms with Gasteiger partial charge in [-0.3, -0.25) is 9.59 Å². The van der Waals surface area contributed by atoms with Crippen molar-refractivity contribution in [1.82, 2.24) is 0 Å². The summed E-state index contributed by atoms with van der Waals surface area (Å²) >= 11 is 0. The number of hydrogen-bond donors (Lipinski definition) is 2. The number of allylic oxidation sites excluding steroid dienone is 1. The first-order valence-electron chi connectivity index (χ1n) is 14.1. The summed E-state index contributed by atoms with van der Waals surface area (Å²) in [4.78, 5) is 25.5. The molecule has 0 aliphatic heterocycles. The number of ketones is 1. The molecule has 0 aromatic heterocycles. The lowest BCUT2D eigenvalue weighted by atomic mass is 9.42. The van der Waals surface area contributed by atoms with Gasteiger partial charge in [0.1, 0.15) is 11.7 Å². The van der Waals surface area contributed by atoms with Crippen LogP contribution in [0.25, 0.3) is 0 Å². The minimum Gasteiger partial charge on any atom is -0.459 e. The van der Waals surface area contributed by atoms with Crippen LogP contribution in [-0.2, 0) is 14.3 Å². The van der Waals surface area contributed by atoms with Crippen LogP contribution in [0.5, 0.6) is 0 Å². The van der Waals surface area contributed by atoms with Crippen molar-refractivity contribution in [1.29, 1.82) is 0 Å². The van der Waals surface area contributed by atoms with Crippen LogP contribution >= 0.6 is 0 Å². The Bertz CT molecular complexity index is 865. The summed E-state index contributed by atoms with van der Waals surface area (Å²) in [5, 5.41) is 23.7. The molecule has 0 aromatic carbocycles. The van der Waals surface area contributed by atoms with Crippen LogP contribution in [0.3, 0.4) is 0 Å². The number of fused-ring (bicyclic) bond motifs is 5. The Kier molecular flexibility index (Phi) is 7.12. The summed E-state index contributed by atoms with van der Waals surface area (Å²) in [7, 11) is 0. The standard InChI is InChI=1S/C30H48O5/c1-17(2)18(3)10-11-19(4)22-12-13-23-21-15-26(35-20(5)31)30(34)14-8-9-25(33)29(30,7)27(21)24(32)16-28(22,23)6/h8-9,17-19,21-24,26-27,32,34H,10-16H2,1-7H3/t18-,19+,21?,22+,23?,24+,26+,27?,28+,29+,30-/m0/s1. The van der Waals surface area contributed by atoms with E-state index in [9.17, 15) is 19.8 Å². The third kappa shape index (κ3) is 4.04. The van der Waals surface area contributed by atoms with Crippen molar-refractivity contribution >= 4 is 11.8 Å². The Balaban J connectivity index is 1.66. The van der Waals surface area contributed by atoms with E-state index in [1.165, 1.54) is 19.8 Å². The molecule has 11 atom stereocenters. The van der Waals surface area contributed by atoms with Crippen molar-refractivity contribution in [2.45, 2.75) is 111 Å². The highest BCUT2D eigenvalue weighted by atomic mass is 16.6. The topological polar surface area (TPSA) is 83.8 Å². The molecule has 0 bridgehead atoms. The quantitative estimate of drug-likeness (QED) is 0.494. The van der Waals surface area contributed by atoms with Crippen molar-refractivity contribution in [3.05, 3.63) is 12.2 Å². The molecule has 0 amide bonds. The van der Waals surface area contributed by atoms with Gasteiger partial charge in [0.05, 0.1) is 11.5 Å². The molecule has 4 aliphatic carbocycles. The fourth-order valence-corrected chi connectivity index (χ4v) is 9.18. The van der Waals surface area contributed by atoms with E-state index in [4.69, 9.17) is 4.74 Å². The van der Waals surface area contributed by atoms with Gasteiger partial charge < -0.3 is 14.9 Å². The van der Waals surface area contributed by atoms with Crippen LogP contribution in [0.2, 0.25) is 0 Å². The SMILES string of the molecule is CC(=O)O[C@@H]1CC2C3CC[C@H]([C@H](C)CC[C@H](C)C(C)C)[C@@]3(C)C[C@@H](O)C2[C@@]2(C)C(=O)C=CC[C@]12O. The van der Waals surface area contributed by atoms with Crippen LogP contribution in [0.4, 0.5) is 0 Å². The highest BCUT2D eigenvalue weighted by Gasteiger charge is 2.72. The van der Waals surface area contributed by atoms with Gasteiger partial charge in [-0.1, -0.05) is 53.5 Å². The van der Waals surface area contributed by atoms with Crippen LogP contribution in [0.1, 0.15) is 93.4 Å². The molecular weight excluding hydrogens is 440 g/mol. The van der Waals surface area contributed by atoms with E-state index < -0.39 is 29.2 Å². The lowest BCUT2D eigenvalue weighted by Gasteiger charge is -2.64. The lowest BCUT2D eigenvalue weighted by Crippen LogP contribution is -2.72. The first-order chi connectivity index (χ1) is 16.3. The Morgan fingerprint density at radius 2 is 1.86 bits per heavy atom. The fourth-order valence-electron chi connectivity index (χ4n) is 9.18. The Hall–Kier alpha value is -1.20. The molecule has 35 heavy (non-hydrogen) atoms. The molecule has 3 fully saturated rings. The van der Waals surface area contributed by atoms with Crippen LogP contribution in [-0.4, -0.2) is 39.8 Å². The molecule has 2 N–H and O–H groups in total. The summed E-state index contributed by atoms with van der Waals surface area (Å²) in [6, 6.07) is 0. The Morgan fingerprint density at radius 3 is 2.49 bits per heavy atom. The number of aliphatic hydroxyl groups excluding tert-OH is 1. The predicted molar refractivity (Wildman–Crippen MR) is 136 cm³/mol. The van der Waals surface area contributed by atoms with Gasteiger partial charge in [-0.05, 0) is 86.0 Å². The molecule has 3 unspecified atom stereocenters. The van der Waals surface area contributed by atoms with Crippen molar-refractivity contribution in [2.75, 3.05) is 0 Å². The maximum atomic E-state index is 13.4. The molecule has 0 spiro atoms. The molecule has 0 saturated heterocycles. The van der Waals surface area contributed by atoms with Gasteiger partial charge in [-0.25, -0.2) is 0 Å². The van der Waals surface area contributed by atoms with Gasteiger partial charge in [0.25, 0.3) is 0 Å². The summed E-state index contributed by atoms with van der Waals surface area (Å²) in [6.45, 7) is 14.9. The first-order valence-corrected chi connectivity index (χ1v) is 14.1. The monoisotopic (exact) mass is 488 g/mol. The average Bonchev–Trinajstić information content (AvgIpc) is 3.10. The maximum absolute atomic E-state index is 13.4. The molecule has 0 heterocycles. The van der Waals surface area contributed by atoms with Crippen LogP contribution in [0, 0.1) is 52.3 Å². The van der Waals surface area contributed by atoms with Crippen molar-refractivity contribution in [3.8, 4) is 0 Å². The van der Waals surface area contributed by atoms with Crippen LogP contribution in [0.15, 0.2) is 12.2 Å². The minimum absolute atomic E-state index is 0.0127. The summed E-state index contributed by atoms with van der Waals surface area (Å²) < 4.78 is 5.75. The number of esters is 1. The van der Waals surface area contributed by atoms with E-state index in [0.29, 0.717) is 42.4 Å². The minimum atomic E-state index is -1.49. The van der Waals surface area contributed by atoms with Crippen molar-refractivity contribution < 1.29 is 24.5 Å². The second kappa shape index (κ2) is 9.28. The number of aliphatic hydroxyl groups is 2. The van der Waals surface area contributed by atoms with Gasteiger partial charge in [-0.2, -0.15) is 0 Å². The molecular formula is C30H48O5. The highest BCUT2D eigenvalue weighted by Crippen LogP contribution is 2.68. The van der Waals surface area contributed by atoms with E-state index in [-0.39, 0.29) is 29.5 Å². The molecule has 198 valence electrons. The molecule has 5 nitrogen and oxygen atoms in total. The third-order valence-electron chi connectivity index (χ3n) is 11.5. The zero-order chi connectivity index (χ0) is 25.9. The Morgan fingerprint density at radius 1 is 1.17 bits per heavy atom. The number of rotatable bonds is 6. The first kappa shape index (κ1) is 26.9. The van der Waals surface area contributed by atoms with Crippen molar-refractivity contribution in [2.24, 2.45) is 52.3 Å². The molecule has 3 saturated carbocycles. The van der Waals surface area contributed by atoms with Crippen LogP contribution < -0.4 is 0 Å². The van der Waals surface area contributed by atoms with Gasteiger partial charge in [0.2, 0.25) is 0 Å². The number of hydrogen-bond acceptors (Lipinski definition) is 5. The molecule has 0 radical (unpaired) electrons. The maximum Gasteiger partial charge on any atom is 0.303 e. The van der Waals surface area contributed by atoms with Gasteiger partial charge in [-0.15, -0.1) is 0 Å². The summed E-state index contributed by atoms with van der Waals surface area (Å²) in [5.74, 6) is 1.99. The number of ether oxygens (including phenoxy) is 1. The van der Waals surface area contributed by atoms with Gasteiger partial charge in [0.15, 0.2) is 5.78 Å². The van der Waals surface area contributed by atoms with Gasteiger partial charge >= 0.3 is 5.97 Å². The zero-order valence-corrected chi connectivity index (χ0v) is 22.9. The molecule has 4 rings (SSSR count). The summed E-state index contributed by atoms with van der Waals surface area (Å²) in [6.07, 6.45) is 7.97. The van der Waals surface area contributed by atoms with E-state index in [0.717, 1.165) is 12.8 Å². The van der Waals surface area contributed by atoms with E-state index in [1.807, 2.05) is 6.92 Å². The lowest BCUT2D eigenvalue weighted by molar-refractivity contribution is -0.257. The molecule has 5 heteroatoms. The second-order valence-electron chi connectivity index (χ2n) is 13.5. The predicted octanol–water partition coefficient (Wildman–Crippen LogP) is 5.33. The fraction of sp³-hybridized carbons (Fsp3) is 0.867. The normalized spacial score (nSPS) is 46.5. The Labute approximate surface area is 212 Å².